The third kappa shape index (κ3) is 7.86. The molecule has 0 spiro atoms. The lowest BCUT2D eigenvalue weighted by molar-refractivity contribution is -0.120. The first kappa shape index (κ1) is 35.1. The number of ether oxygens (including phenoxy) is 3. The summed E-state index contributed by atoms with van der Waals surface area (Å²) in [5.41, 5.74) is 1.08. The van der Waals surface area contributed by atoms with Crippen LogP contribution < -0.4 is 14.4 Å². The molecule has 1 aliphatic carbocycles. The average molecular weight is 698 g/mol. The van der Waals surface area contributed by atoms with Crippen LogP contribution in [0.4, 0.5) is 23.8 Å². The molecule has 1 saturated carbocycles. The predicted octanol–water partition coefficient (Wildman–Crippen LogP) is 6.19. The van der Waals surface area contributed by atoms with E-state index < -0.39 is 48.2 Å². The Morgan fingerprint density at radius 3 is 2.46 bits per heavy atom. The van der Waals surface area contributed by atoms with E-state index >= 15 is 0 Å². The summed E-state index contributed by atoms with van der Waals surface area (Å²) in [5.74, 6) is -2.93. The van der Waals surface area contributed by atoms with Crippen LogP contribution in [0.25, 0.3) is 0 Å². The Balaban J connectivity index is 1.12. The van der Waals surface area contributed by atoms with Gasteiger partial charge in [-0.25, -0.2) is 22.9 Å². The molecule has 0 radical (unpaired) electrons. The van der Waals surface area contributed by atoms with E-state index in [9.17, 15) is 22.8 Å². The molecule has 3 aromatic rings. The molecular formula is C35H42F3N7O5. The number of fused-ring (bicyclic) bond motifs is 1. The molecule has 15 heteroatoms. The number of piperidine rings is 1. The Hall–Kier alpha value is -4.69. The zero-order chi connectivity index (χ0) is 35.8. The Morgan fingerprint density at radius 2 is 1.78 bits per heavy atom. The molecule has 6 rings (SSSR count). The van der Waals surface area contributed by atoms with Crippen molar-refractivity contribution in [3.05, 3.63) is 59.4 Å². The zero-order valence-electron chi connectivity index (χ0n) is 28.9. The number of hydrogen-bond acceptors (Lipinski definition) is 10. The van der Waals surface area contributed by atoms with Crippen LogP contribution in [0.1, 0.15) is 81.9 Å². The number of carbonyl (C=O) groups is 2. The number of halogens is 3. The molecule has 0 N–H and O–H groups in total. The van der Waals surface area contributed by atoms with E-state index in [2.05, 4.69) is 20.2 Å². The highest BCUT2D eigenvalue weighted by Gasteiger charge is 2.50. The van der Waals surface area contributed by atoms with Crippen LogP contribution in [0, 0.1) is 5.82 Å². The largest absolute Gasteiger partial charge is 0.490 e. The van der Waals surface area contributed by atoms with Crippen LogP contribution in [0.3, 0.4) is 0 Å². The van der Waals surface area contributed by atoms with Crippen molar-refractivity contribution >= 4 is 17.8 Å². The van der Waals surface area contributed by atoms with E-state index in [0.29, 0.717) is 51.3 Å². The number of hydrogen-bond donors (Lipinski definition) is 0. The molecule has 12 nitrogen and oxygen atoms in total. The third-order valence-electron chi connectivity index (χ3n) is 8.96. The second kappa shape index (κ2) is 13.9. The fourth-order valence-corrected chi connectivity index (χ4v) is 6.58. The van der Waals surface area contributed by atoms with Gasteiger partial charge < -0.3 is 28.9 Å². The van der Waals surface area contributed by atoms with Gasteiger partial charge in [-0.1, -0.05) is 0 Å². The van der Waals surface area contributed by atoms with Crippen LogP contribution in [0.15, 0.2) is 36.8 Å². The number of benzene rings is 1. The first-order valence-electron chi connectivity index (χ1n) is 16.9. The summed E-state index contributed by atoms with van der Waals surface area (Å²) in [5, 5.41) is 8.01. The fraction of sp³-hybridized carbons (Fsp3) is 0.543. The van der Waals surface area contributed by atoms with Gasteiger partial charge in [0.25, 0.3) is 17.7 Å². The van der Waals surface area contributed by atoms with E-state index in [1.165, 1.54) is 17.3 Å². The van der Waals surface area contributed by atoms with Gasteiger partial charge in [0.15, 0.2) is 5.82 Å². The van der Waals surface area contributed by atoms with Gasteiger partial charge in [0.2, 0.25) is 0 Å². The minimum atomic E-state index is -2.83. The van der Waals surface area contributed by atoms with E-state index in [1.807, 2.05) is 31.7 Å². The number of alkyl halides is 2. The van der Waals surface area contributed by atoms with Crippen LogP contribution >= 0.6 is 0 Å². The smallest absolute Gasteiger partial charge is 0.410 e. The van der Waals surface area contributed by atoms with Crippen molar-refractivity contribution in [2.75, 3.05) is 24.5 Å². The molecule has 4 heterocycles. The number of nitrogens with zero attached hydrogens (tertiary/aromatic N) is 7. The molecule has 2 amide bonds. The highest BCUT2D eigenvalue weighted by molar-refractivity contribution is 5.97. The van der Waals surface area contributed by atoms with Gasteiger partial charge in [-0.05, 0) is 65.3 Å². The van der Waals surface area contributed by atoms with E-state index in [0.717, 1.165) is 29.1 Å². The van der Waals surface area contributed by atoms with Crippen LogP contribution in [-0.2, 0) is 17.7 Å². The van der Waals surface area contributed by atoms with Crippen molar-refractivity contribution < 1.29 is 37.0 Å². The summed E-state index contributed by atoms with van der Waals surface area (Å²) < 4.78 is 60.0. The minimum Gasteiger partial charge on any atom is -0.490 e. The van der Waals surface area contributed by atoms with Crippen LogP contribution in [-0.4, -0.2) is 91.3 Å². The maximum Gasteiger partial charge on any atom is 0.410 e. The SMILES string of the molecule is CC(C)N(C(=O)c1cc(F)ccc1Oc1nncnc1N1CCC(Oc2ccnc3c2CCN(C(=O)OC(C)(C)C)C3)CC1)C1CC(F)(F)C1. The molecule has 2 fully saturated rings. The van der Waals surface area contributed by atoms with Crippen molar-refractivity contribution in [1.29, 1.82) is 0 Å². The molecule has 50 heavy (non-hydrogen) atoms. The molecule has 1 saturated heterocycles. The van der Waals surface area contributed by atoms with Gasteiger partial charge in [0.1, 0.15) is 35.3 Å². The average Bonchev–Trinajstić information content (AvgIpc) is 3.04. The number of carbonyl (C=O) groups excluding carboxylic acids is 2. The van der Waals surface area contributed by atoms with Gasteiger partial charge in [-0.2, -0.15) is 0 Å². The van der Waals surface area contributed by atoms with Crippen molar-refractivity contribution in [1.82, 2.24) is 30.0 Å². The summed E-state index contributed by atoms with van der Waals surface area (Å²) in [6, 6.07) is 4.30. The third-order valence-corrected chi connectivity index (χ3v) is 8.96. The molecule has 0 unspecified atom stereocenters. The number of rotatable bonds is 8. The molecule has 1 aromatic carbocycles. The second-order valence-electron chi connectivity index (χ2n) is 14.2. The molecule has 3 aliphatic rings. The lowest BCUT2D eigenvalue weighted by Gasteiger charge is -2.44. The minimum absolute atomic E-state index is 0.0163. The Morgan fingerprint density at radius 1 is 1.04 bits per heavy atom. The molecule has 0 atom stereocenters. The van der Waals surface area contributed by atoms with E-state index in [4.69, 9.17) is 14.2 Å². The summed E-state index contributed by atoms with van der Waals surface area (Å²) in [7, 11) is 0. The van der Waals surface area contributed by atoms with Crippen molar-refractivity contribution in [2.24, 2.45) is 0 Å². The lowest BCUT2D eigenvalue weighted by atomic mass is 9.85. The normalized spacial score (nSPS) is 17.9. The van der Waals surface area contributed by atoms with Crippen molar-refractivity contribution in [2.45, 2.75) is 103 Å². The monoisotopic (exact) mass is 697 g/mol. The summed E-state index contributed by atoms with van der Waals surface area (Å²) in [6.45, 7) is 10.9. The molecule has 2 aromatic heterocycles. The number of pyridine rings is 1. The number of amides is 2. The first-order valence-corrected chi connectivity index (χ1v) is 16.9. The Labute approximate surface area is 288 Å². The molecule has 0 bridgehead atoms. The summed E-state index contributed by atoms with van der Waals surface area (Å²) in [6.07, 6.45) is 3.53. The number of aromatic nitrogens is 4. The van der Waals surface area contributed by atoms with E-state index in [-0.39, 0.29) is 29.4 Å². The maximum atomic E-state index is 14.5. The standard InChI is InChI=1S/C35H42F3N7O5/c1-21(2)45(23-17-35(37,38)18-23)32(46)26-16-22(36)6-7-28(26)49-31-30(40-20-41-42-31)43-13-9-24(10-14-43)48-29-8-12-39-27-19-44(15-11-25(27)29)33(47)50-34(3,4)5/h6-8,12,16,20-21,23-24H,9-11,13-15,17-19H2,1-5H3. The fourth-order valence-electron chi connectivity index (χ4n) is 6.58. The highest BCUT2D eigenvalue weighted by atomic mass is 19.3. The quantitative estimate of drug-likeness (QED) is 0.269. The number of anilines is 1. The van der Waals surface area contributed by atoms with E-state index in [1.54, 1.807) is 24.9 Å². The van der Waals surface area contributed by atoms with Crippen molar-refractivity contribution in [3.8, 4) is 17.4 Å². The highest BCUT2D eigenvalue weighted by Crippen LogP contribution is 2.42. The molecular weight excluding hydrogens is 655 g/mol. The van der Waals surface area contributed by atoms with Gasteiger partial charge in [-0.15, -0.1) is 10.2 Å². The Kier molecular flexibility index (Phi) is 9.78. The van der Waals surface area contributed by atoms with Crippen molar-refractivity contribution in [3.63, 3.8) is 0 Å². The zero-order valence-corrected chi connectivity index (χ0v) is 28.9. The summed E-state index contributed by atoms with van der Waals surface area (Å²) in [4.78, 5) is 40.2. The van der Waals surface area contributed by atoms with Gasteiger partial charge in [0, 0.05) is 69.2 Å². The first-order chi connectivity index (χ1) is 23.7. The van der Waals surface area contributed by atoms with Gasteiger partial charge in [0.05, 0.1) is 17.8 Å². The van der Waals surface area contributed by atoms with Crippen LogP contribution in [0.5, 0.6) is 17.4 Å². The Bertz CT molecular complexity index is 1720. The van der Waals surface area contributed by atoms with Gasteiger partial charge >= 0.3 is 6.09 Å². The predicted molar refractivity (Wildman–Crippen MR) is 176 cm³/mol. The molecule has 2 aliphatic heterocycles. The van der Waals surface area contributed by atoms with Gasteiger partial charge in [-0.3, -0.25) is 9.78 Å². The summed E-state index contributed by atoms with van der Waals surface area (Å²) >= 11 is 0. The second-order valence-corrected chi connectivity index (χ2v) is 14.2. The maximum absolute atomic E-state index is 14.5. The topological polar surface area (TPSA) is 123 Å². The van der Waals surface area contributed by atoms with Crippen LogP contribution in [0.2, 0.25) is 0 Å². The lowest BCUT2D eigenvalue weighted by Crippen LogP contribution is -2.55. The molecule has 268 valence electrons.